The molecule has 0 heterocycles. The molecule has 2 rings (SSSR count). The van der Waals surface area contributed by atoms with Crippen LogP contribution in [0.1, 0.15) is 43.7 Å². The van der Waals surface area contributed by atoms with Gasteiger partial charge in [0.05, 0.1) is 0 Å². The van der Waals surface area contributed by atoms with Crippen LogP contribution in [0.4, 0.5) is 13.2 Å². The van der Waals surface area contributed by atoms with Crippen LogP contribution in [-0.2, 0) is 0 Å². The maximum absolute atomic E-state index is 13.6. The molecule has 4 heteroatoms. The van der Waals surface area contributed by atoms with Crippen molar-refractivity contribution in [2.45, 2.75) is 38.1 Å². The average Bonchev–Trinajstić information content (AvgIpc) is 2.28. The second-order valence-corrected chi connectivity index (χ2v) is 4.71. The van der Waals surface area contributed by atoms with Crippen molar-refractivity contribution in [3.05, 3.63) is 35.1 Å². The zero-order valence-corrected chi connectivity index (χ0v) is 9.56. The highest BCUT2D eigenvalue weighted by Crippen LogP contribution is 2.35. The van der Waals surface area contributed by atoms with Gasteiger partial charge in [-0.05, 0) is 18.8 Å². The van der Waals surface area contributed by atoms with Crippen LogP contribution in [0.5, 0.6) is 0 Å². The number of benzene rings is 1. The fourth-order valence-electron chi connectivity index (χ4n) is 2.60. The van der Waals surface area contributed by atoms with Gasteiger partial charge in [-0.25, -0.2) is 13.2 Å². The number of hydrogen-bond acceptors (Lipinski definition) is 1. The lowest BCUT2D eigenvalue weighted by Crippen LogP contribution is -2.25. The third-order valence-electron chi connectivity index (χ3n) is 3.53. The topological polar surface area (TPSA) is 26.0 Å². The van der Waals surface area contributed by atoms with E-state index >= 15 is 0 Å². The molecule has 0 amide bonds. The summed E-state index contributed by atoms with van der Waals surface area (Å²) >= 11 is 0. The van der Waals surface area contributed by atoms with E-state index in [1.165, 1.54) is 0 Å². The lowest BCUT2D eigenvalue weighted by Gasteiger charge is -2.28. The van der Waals surface area contributed by atoms with Crippen molar-refractivity contribution in [1.82, 2.24) is 0 Å². The quantitative estimate of drug-likeness (QED) is 0.842. The lowest BCUT2D eigenvalue weighted by atomic mass is 9.81. The molecule has 1 saturated carbocycles. The third kappa shape index (κ3) is 2.63. The summed E-state index contributed by atoms with van der Waals surface area (Å²) in [4.78, 5) is 0. The van der Waals surface area contributed by atoms with Gasteiger partial charge in [-0.15, -0.1) is 0 Å². The Morgan fingerprint density at radius 3 is 2.06 bits per heavy atom. The first kappa shape index (κ1) is 12.4. The van der Waals surface area contributed by atoms with Crippen LogP contribution in [0.2, 0.25) is 0 Å². The molecule has 2 N–H and O–H groups in total. The van der Waals surface area contributed by atoms with E-state index in [1.807, 2.05) is 0 Å². The van der Waals surface area contributed by atoms with Crippen molar-refractivity contribution in [2.24, 2.45) is 11.7 Å². The van der Waals surface area contributed by atoms with Crippen LogP contribution < -0.4 is 5.73 Å². The molecule has 94 valence electrons. The highest BCUT2D eigenvalue weighted by atomic mass is 19.1. The summed E-state index contributed by atoms with van der Waals surface area (Å²) in [5.74, 6) is -2.56. The predicted octanol–water partition coefficient (Wildman–Crippen LogP) is 3.68. The molecular weight excluding hydrogens is 227 g/mol. The molecule has 1 atom stereocenters. The molecule has 0 bridgehead atoms. The summed E-state index contributed by atoms with van der Waals surface area (Å²) in [6.45, 7) is 0. The second-order valence-electron chi connectivity index (χ2n) is 4.71. The van der Waals surface area contributed by atoms with Crippen LogP contribution in [-0.4, -0.2) is 0 Å². The Balaban J connectivity index is 2.26. The Kier molecular flexibility index (Phi) is 3.72. The zero-order valence-electron chi connectivity index (χ0n) is 9.56. The molecule has 0 spiro atoms. The first-order valence-electron chi connectivity index (χ1n) is 5.99. The van der Waals surface area contributed by atoms with Gasteiger partial charge >= 0.3 is 0 Å². The van der Waals surface area contributed by atoms with Crippen LogP contribution in [0.25, 0.3) is 0 Å². The van der Waals surface area contributed by atoms with Crippen LogP contribution in [0, 0.1) is 23.4 Å². The number of halogens is 3. The maximum atomic E-state index is 13.6. The Morgan fingerprint density at radius 2 is 1.53 bits per heavy atom. The average molecular weight is 243 g/mol. The molecule has 1 nitrogen and oxygen atoms in total. The number of hydrogen-bond donors (Lipinski definition) is 1. The van der Waals surface area contributed by atoms with E-state index in [-0.39, 0.29) is 11.5 Å². The van der Waals surface area contributed by atoms with Crippen molar-refractivity contribution in [2.75, 3.05) is 0 Å². The summed E-state index contributed by atoms with van der Waals surface area (Å²) in [6, 6.07) is 0.721. The van der Waals surface area contributed by atoms with E-state index in [4.69, 9.17) is 5.73 Å². The summed E-state index contributed by atoms with van der Waals surface area (Å²) in [6.07, 6.45) is 5.01. The first-order chi connectivity index (χ1) is 8.09. The molecule has 1 aromatic rings. The SMILES string of the molecule is N[C@H](c1c(F)cc(F)cc1F)C1CCCCC1. The molecule has 1 aliphatic rings. The van der Waals surface area contributed by atoms with E-state index in [0.717, 1.165) is 32.1 Å². The molecular formula is C13H16F3N. The zero-order chi connectivity index (χ0) is 12.4. The molecule has 0 saturated heterocycles. The van der Waals surface area contributed by atoms with Gasteiger partial charge in [-0.2, -0.15) is 0 Å². The summed E-state index contributed by atoms with van der Waals surface area (Å²) in [5, 5.41) is 0. The van der Waals surface area contributed by atoms with Gasteiger partial charge in [0.1, 0.15) is 17.5 Å². The van der Waals surface area contributed by atoms with E-state index in [9.17, 15) is 13.2 Å². The molecule has 1 fully saturated rings. The lowest BCUT2D eigenvalue weighted by molar-refractivity contribution is 0.297. The minimum atomic E-state index is -0.903. The number of nitrogens with two attached hydrogens (primary N) is 1. The number of rotatable bonds is 2. The third-order valence-corrected chi connectivity index (χ3v) is 3.53. The van der Waals surface area contributed by atoms with Crippen molar-refractivity contribution < 1.29 is 13.2 Å². The molecule has 1 aliphatic carbocycles. The largest absolute Gasteiger partial charge is 0.324 e. The standard InChI is InChI=1S/C13H16F3N/c14-9-6-10(15)12(11(16)7-9)13(17)8-4-2-1-3-5-8/h6-8,13H,1-5,17H2/t13-/m0/s1. The van der Waals surface area contributed by atoms with Crippen molar-refractivity contribution in [3.63, 3.8) is 0 Å². The van der Waals surface area contributed by atoms with Gasteiger partial charge in [0.2, 0.25) is 0 Å². The summed E-state index contributed by atoms with van der Waals surface area (Å²) in [7, 11) is 0. The minimum Gasteiger partial charge on any atom is -0.324 e. The second kappa shape index (κ2) is 5.08. The van der Waals surface area contributed by atoms with Crippen LogP contribution in [0.3, 0.4) is 0 Å². The highest BCUT2D eigenvalue weighted by molar-refractivity contribution is 5.24. The van der Waals surface area contributed by atoms with Gasteiger partial charge in [0, 0.05) is 23.7 Å². The maximum Gasteiger partial charge on any atom is 0.133 e. The molecule has 0 aliphatic heterocycles. The normalized spacial score (nSPS) is 19.3. The van der Waals surface area contributed by atoms with Gasteiger partial charge < -0.3 is 5.73 Å². The minimum absolute atomic E-state index is 0.0956. The molecule has 17 heavy (non-hydrogen) atoms. The molecule has 0 unspecified atom stereocenters. The molecule has 0 radical (unpaired) electrons. The van der Waals surface area contributed by atoms with Crippen LogP contribution in [0.15, 0.2) is 12.1 Å². The molecule has 0 aromatic heterocycles. The summed E-state index contributed by atoms with van der Waals surface area (Å²) < 4.78 is 39.9. The van der Waals surface area contributed by atoms with E-state index in [2.05, 4.69) is 0 Å². The summed E-state index contributed by atoms with van der Waals surface area (Å²) in [5.41, 5.74) is 5.75. The highest BCUT2D eigenvalue weighted by Gasteiger charge is 2.27. The van der Waals surface area contributed by atoms with E-state index in [1.54, 1.807) is 0 Å². The van der Waals surface area contributed by atoms with E-state index < -0.39 is 23.5 Å². The fraction of sp³-hybridized carbons (Fsp3) is 0.538. The van der Waals surface area contributed by atoms with Crippen molar-refractivity contribution in [1.29, 1.82) is 0 Å². The van der Waals surface area contributed by atoms with Crippen LogP contribution >= 0.6 is 0 Å². The Hall–Kier alpha value is -1.03. The van der Waals surface area contributed by atoms with Gasteiger partial charge in [-0.3, -0.25) is 0 Å². The Bertz CT molecular complexity index is 377. The van der Waals surface area contributed by atoms with Crippen molar-refractivity contribution in [3.8, 4) is 0 Å². The monoisotopic (exact) mass is 243 g/mol. The Morgan fingerprint density at radius 1 is 1.00 bits per heavy atom. The van der Waals surface area contributed by atoms with Gasteiger partial charge in [-0.1, -0.05) is 19.3 Å². The van der Waals surface area contributed by atoms with Gasteiger partial charge in [0.25, 0.3) is 0 Å². The molecule has 1 aromatic carbocycles. The smallest absolute Gasteiger partial charge is 0.133 e. The van der Waals surface area contributed by atoms with E-state index in [0.29, 0.717) is 12.1 Å². The Labute approximate surface area is 98.8 Å². The predicted molar refractivity (Wildman–Crippen MR) is 59.8 cm³/mol. The van der Waals surface area contributed by atoms with Crippen molar-refractivity contribution >= 4 is 0 Å². The fourth-order valence-corrected chi connectivity index (χ4v) is 2.60. The van der Waals surface area contributed by atoms with Gasteiger partial charge in [0.15, 0.2) is 0 Å². The first-order valence-corrected chi connectivity index (χ1v) is 5.99.